The molecule has 0 aliphatic carbocycles. The molecule has 118 valence electrons. The highest BCUT2D eigenvalue weighted by Gasteiger charge is 2.22. The molecular weight excluding hydrogens is 294 g/mol. The minimum Gasteiger partial charge on any atom is -0.496 e. The number of carbonyl (C=O) groups is 1. The average Bonchev–Trinajstić information content (AvgIpc) is 3.07. The predicted octanol–water partition coefficient (Wildman–Crippen LogP) is 2.86. The number of nitrogens with zero attached hydrogens (tertiary/aromatic N) is 2. The van der Waals surface area contributed by atoms with Crippen molar-refractivity contribution in [3.05, 3.63) is 48.3 Å². The van der Waals surface area contributed by atoms with Gasteiger partial charge in [-0.15, -0.1) is 0 Å². The van der Waals surface area contributed by atoms with Crippen LogP contribution in [0.15, 0.2) is 42.7 Å². The molecule has 0 atom stereocenters. The van der Waals surface area contributed by atoms with E-state index in [1.54, 1.807) is 36.5 Å². The number of ether oxygens (including phenoxy) is 2. The van der Waals surface area contributed by atoms with Gasteiger partial charge in [-0.05, 0) is 30.3 Å². The Hall–Kier alpha value is -3.02. The summed E-state index contributed by atoms with van der Waals surface area (Å²) in [5, 5.41) is 0. The van der Waals surface area contributed by atoms with Gasteiger partial charge in [0.15, 0.2) is 0 Å². The summed E-state index contributed by atoms with van der Waals surface area (Å²) in [5.41, 5.74) is 2.86. The summed E-state index contributed by atoms with van der Waals surface area (Å²) >= 11 is 0. The Labute approximate surface area is 133 Å². The summed E-state index contributed by atoms with van der Waals surface area (Å²) in [6.07, 6.45) is 1.62. The van der Waals surface area contributed by atoms with Crippen LogP contribution in [0.25, 0.3) is 11.0 Å². The standard InChI is InChI=1S/C17H17N3O3/c1-20(11-7-8-12-13(9-11)19-10-18-12)17(21)16-14(22-2)5-4-6-15(16)23-3/h4-10H,1-3H3,(H,18,19). The van der Waals surface area contributed by atoms with Crippen LogP contribution in [0.5, 0.6) is 11.5 Å². The quantitative estimate of drug-likeness (QED) is 0.804. The first-order valence-corrected chi connectivity index (χ1v) is 7.08. The lowest BCUT2D eigenvalue weighted by molar-refractivity contribution is 0.0987. The SMILES string of the molecule is COc1cccc(OC)c1C(=O)N(C)c1ccc2nc[nH]c2c1. The molecule has 6 nitrogen and oxygen atoms in total. The van der Waals surface area contributed by atoms with E-state index in [1.807, 2.05) is 18.2 Å². The molecule has 6 heteroatoms. The second kappa shape index (κ2) is 6.00. The molecule has 1 aromatic heterocycles. The highest BCUT2D eigenvalue weighted by Crippen LogP contribution is 2.31. The molecular formula is C17H17N3O3. The van der Waals surface area contributed by atoms with Crippen LogP contribution in [0.1, 0.15) is 10.4 Å². The summed E-state index contributed by atoms with van der Waals surface area (Å²) in [4.78, 5) is 21.7. The third-order valence-electron chi connectivity index (χ3n) is 3.74. The molecule has 1 heterocycles. The van der Waals surface area contributed by atoms with E-state index in [2.05, 4.69) is 9.97 Å². The van der Waals surface area contributed by atoms with Crippen LogP contribution in [-0.4, -0.2) is 37.1 Å². The van der Waals surface area contributed by atoms with Crippen molar-refractivity contribution in [1.29, 1.82) is 0 Å². The third-order valence-corrected chi connectivity index (χ3v) is 3.74. The number of methoxy groups -OCH3 is 2. The maximum absolute atomic E-state index is 12.9. The predicted molar refractivity (Wildman–Crippen MR) is 88.4 cm³/mol. The molecule has 2 aromatic carbocycles. The molecule has 3 aromatic rings. The van der Waals surface area contributed by atoms with E-state index in [9.17, 15) is 4.79 Å². The van der Waals surface area contributed by atoms with Gasteiger partial charge in [0.25, 0.3) is 5.91 Å². The molecule has 1 amide bonds. The van der Waals surface area contributed by atoms with Crippen LogP contribution in [0, 0.1) is 0 Å². The van der Waals surface area contributed by atoms with Crippen molar-refractivity contribution in [3.63, 3.8) is 0 Å². The van der Waals surface area contributed by atoms with Crippen LogP contribution >= 0.6 is 0 Å². The largest absolute Gasteiger partial charge is 0.496 e. The molecule has 0 saturated heterocycles. The Morgan fingerprint density at radius 2 is 1.83 bits per heavy atom. The zero-order valence-corrected chi connectivity index (χ0v) is 13.2. The van der Waals surface area contributed by atoms with Gasteiger partial charge in [-0.3, -0.25) is 4.79 Å². The zero-order chi connectivity index (χ0) is 16.4. The molecule has 1 N–H and O–H groups in total. The van der Waals surface area contributed by atoms with Gasteiger partial charge in [0.1, 0.15) is 17.1 Å². The van der Waals surface area contributed by atoms with Crippen molar-refractivity contribution in [2.24, 2.45) is 0 Å². The number of anilines is 1. The lowest BCUT2D eigenvalue weighted by Gasteiger charge is -2.20. The fourth-order valence-corrected chi connectivity index (χ4v) is 2.48. The van der Waals surface area contributed by atoms with E-state index in [1.165, 1.54) is 14.2 Å². The number of benzene rings is 2. The number of hydrogen-bond acceptors (Lipinski definition) is 4. The number of H-pyrrole nitrogens is 1. The van der Waals surface area contributed by atoms with E-state index < -0.39 is 0 Å². The number of aromatic amines is 1. The second-order valence-corrected chi connectivity index (χ2v) is 5.01. The molecule has 0 unspecified atom stereocenters. The van der Waals surface area contributed by atoms with Crippen molar-refractivity contribution < 1.29 is 14.3 Å². The summed E-state index contributed by atoms with van der Waals surface area (Å²) in [6.45, 7) is 0. The number of amides is 1. The minimum atomic E-state index is -0.210. The molecule has 0 aliphatic rings. The number of imidazole rings is 1. The number of nitrogens with one attached hydrogen (secondary N) is 1. The number of fused-ring (bicyclic) bond motifs is 1. The van der Waals surface area contributed by atoms with Crippen molar-refractivity contribution in [2.45, 2.75) is 0 Å². The smallest absolute Gasteiger partial charge is 0.265 e. The van der Waals surface area contributed by atoms with Gasteiger partial charge in [-0.25, -0.2) is 4.98 Å². The Bertz CT molecular complexity index is 835. The van der Waals surface area contributed by atoms with E-state index in [-0.39, 0.29) is 5.91 Å². The maximum Gasteiger partial charge on any atom is 0.265 e. The van der Waals surface area contributed by atoms with Gasteiger partial charge in [-0.1, -0.05) is 6.07 Å². The molecule has 3 rings (SSSR count). The lowest BCUT2D eigenvalue weighted by atomic mass is 10.1. The average molecular weight is 311 g/mol. The molecule has 0 saturated carbocycles. The molecule has 0 fully saturated rings. The second-order valence-electron chi connectivity index (χ2n) is 5.01. The number of aromatic nitrogens is 2. The Morgan fingerprint density at radius 3 is 2.48 bits per heavy atom. The number of rotatable bonds is 4. The Morgan fingerprint density at radius 1 is 1.13 bits per heavy atom. The normalized spacial score (nSPS) is 10.6. The monoisotopic (exact) mass is 311 g/mol. The summed E-state index contributed by atoms with van der Waals surface area (Å²) < 4.78 is 10.6. The number of carbonyl (C=O) groups excluding carboxylic acids is 1. The fraction of sp³-hybridized carbons (Fsp3) is 0.176. The summed E-state index contributed by atoms with van der Waals surface area (Å²) in [7, 11) is 4.77. The molecule has 0 radical (unpaired) electrons. The van der Waals surface area contributed by atoms with Crippen molar-refractivity contribution in [3.8, 4) is 11.5 Å². The lowest BCUT2D eigenvalue weighted by Crippen LogP contribution is -2.27. The van der Waals surface area contributed by atoms with Gasteiger partial charge in [0, 0.05) is 12.7 Å². The van der Waals surface area contributed by atoms with E-state index in [0.717, 1.165) is 16.7 Å². The van der Waals surface area contributed by atoms with Gasteiger partial charge < -0.3 is 19.4 Å². The summed E-state index contributed by atoms with van der Waals surface area (Å²) in [5.74, 6) is 0.741. The topological polar surface area (TPSA) is 67.5 Å². The van der Waals surface area contributed by atoms with Crippen molar-refractivity contribution >= 4 is 22.6 Å². The van der Waals surface area contributed by atoms with Crippen LogP contribution in [0.4, 0.5) is 5.69 Å². The van der Waals surface area contributed by atoms with Gasteiger partial charge in [0.05, 0.1) is 31.6 Å². The van der Waals surface area contributed by atoms with E-state index >= 15 is 0 Å². The first-order chi connectivity index (χ1) is 11.2. The van der Waals surface area contributed by atoms with Crippen molar-refractivity contribution in [2.75, 3.05) is 26.2 Å². The summed E-state index contributed by atoms with van der Waals surface area (Å²) in [6, 6.07) is 10.9. The molecule has 23 heavy (non-hydrogen) atoms. The first-order valence-electron chi connectivity index (χ1n) is 7.08. The molecule has 0 aliphatic heterocycles. The van der Waals surface area contributed by atoms with Crippen LogP contribution in [0.3, 0.4) is 0 Å². The molecule has 0 bridgehead atoms. The highest BCUT2D eigenvalue weighted by atomic mass is 16.5. The maximum atomic E-state index is 12.9. The van der Waals surface area contributed by atoms with Crippen LogP contribution in [0.2, 0.25) is 0 Å². The van der Waals surface area contributed by atoms with E-state index in [4.69, 9.17) is 9.47 Å². The zero-order valence-electron chi connectivity index (χ0n) is 13.2. The number of hydrogen-bond donors (Lipinski definition) is 1. The van der Waals surface area contributed by atoms with Gasteiger partial charge in [0.2, 0.25) is 0 Å². The van der Waals surface area contributed by atoms with E-state index in [0.29, 0.717) is 17.1 Å². The third kappa shape index (κ3) is 2.59. The van der Waals surface area contributed by atoms with Gasteiger partial charge in [-0.2, -0.15) is 0 Å². The van der Waals surface area contributed by atoms with Crippen molar-refractivity contribution in [1.82, 2.24) is 9.97 Å². The van der Waals surface area contributed by atoms with Gasteiger partial charge >= 0.3 is 0 Å². The Balaban J connectivity index is 2.02. The minimum absolute atomic E-state index is 0.210. The Kier molecular flexibility index (Phi) is 3.89. The fourth-order valence-electron chi connectivity index (χ4n) is 2.48. The van der Waals surface area contributed by atoms with Crippen LogP contribution < -0.4 is 14.4 Å². The van der Waals surface area contributed by atoms with Crippen LogP contribution in [-0.2, 0) is 0 Å². The highest BCUT2D eigenvalue weighted by molar-refractivity contribution is 6.10. The molecule has 0 spiro atoms. The first kappa shape index (κ1) is 14.9.